The maximum atomic E-state index is 12.0. The lowest BCUT2D eigenvalue weighted by Gasteiger charge is -2.23. The van der Waals surface area contributed by atoms with Gasteiger partial charge in [-0.15, -0.1) is 23.5 Å². The second-order valence-corrected chi connectivity index (χ2v) is 8.25. The van der Waals surface area contributed by atoms with E-state index in [-0.39, 0.29) is 22.8 Å². The van der Waals surface area contributed by atoms with Gasteiger partial charge in [-0.3, -0.25) is 4.79 Å². The number of hydrogen-bond donors (Lipinski definition) is 2. The number of phenolic OH excluding ortho intramolecular Hbond substituents is 1. The second kappa shape index (κ2) is 9.22. The molecular weight excluding hydrogens is 346 g/mol. The number of esters is 1. The van der Waals surface area contributed by atoms with Crippen LogP contribution in [0.4, 0.5) is 0 Å². The summed E-state index contributed by atoms with van der Waals surface area (Å²) in [7, 11) is 0. The Morgan fingerprint density at radius 2 is 2.08 bits per heavy atom. The Labute approximate surface area is 150 Å². The molecule has 1 amide bonds. The third kappa shape index (κ3) is 5.34. The minimum Gasteiger partial charge on any atom is -0.508 e. The van der Waals surface area contributed by atoms with Gasteiger partial charge in [0.05, 0.1) is 11.2 Å². The zero-order valence-electron chi connectivity index (χ0n) is 13.9. The molecule has 1 aromatic rings. The van der Waals surface area contributed by atoms with E-state index >= 15 is 0 Å². The lowest BCUT2D eigenvalue weighted by molar-refractivity contribution is -0.147. The lowest BCUT2D eigenvalue weighted by atomic mass is 10.0. The smallest absolute Gasteiger partial charge is 0.328 e. The topological polar surface area (TPSA) is 75.6 Å². The van der Waals surface area contributed by atoms with Crippen LogP contribution in [0.5, 0.6) is 5.75 Å². The van der Waals surface area contributed by atoms with Crippen molar-refractivity contribution in [1.29, 1.82) is 0 Å². The Morgan fingerprint density at radius 3 is 2.71 bits per heavy atom. The highest BCUT2D eigenvalue weighted by molar-refractivity contribution is 8.16. The van der Waals surface area contributed by atoms with E-state index in [1.54, 1.807) is 19.1 Å². The third-order valence-corrected chi connectivity index (χ3v) is 6.54. The highest BCUT2D eigenvalue weighted by Gasteiger charge is 2.24. The highest BCUT2D eigenvalue weighted by atomic mass is 32.2. The molecule has 0 aromatic heterocycles. The summed E-state index contributed by atoms with van der Waals surface area (Å²) in [6.45, 7) is 3.38. The van der Waals surface area contributed by atoms with Crippen LogP contribution >= 0.6 is 23.5 Å². The van der Waals surface area contributed by atoms with E-state index in [4.69, 9.17) is 4.74 Å². The average molecular weight is 370 g/mol. The fraction of sp³-hybridized carbons (Fsp3) is 0.529. The standard InChI is InChI=1S/C17H23NO4S2/c1-3-22-16(21)14(18-11(2)19)10-12-5-6-15(20)13(9-12)17-23-7-4-8-24-17/h5-6,9,14,17,20H,3-4,7-8,10H2,1-2H3,(H,18,19)/t14-/m0/s1. The van der Waals surface area contributed by atoms with Gasteiger partial charge in [-0.1, -0.05) is 12.1 Å². The van der Waals surface area contributed by atoms with Crippen molar-refractivity contribution in [2.75, 3.05) is 18.1 Å². The van der Waals surface area contributed by atoms with Crippen molar-refractivity contribution in [1.82, 2.24) is 5.32 Å². The first-order valence-corrected chi connectivity index (χ1v) is 10.1. The summed E-state index contributed by atoms with van der Waals surface area (Å²) in [6.07, 6.45) is 1.52. The molecule has 132 valence electrons. The van der Waals surface area contributed by atoms with E-state index in [9.17, 15) is 14.7 Å². The summed E-state index contributed by atoms with van der Waals surface area (Å²) in [5, 5.41) is 12.8. The van der Waals surface area contributed by atoms with Crippen LogP contribution in [0.15, 0.2) is 18.2 Å². The predicted octanol–water partition coefficient (Wildman–Crippen LogP) is 2.87. The molecule has 0 unspecified atom stereocenters. The van der Waals surface area contributed by atoms with Crippen molar-refractivity contribution in [2.24, 2.45) is 0 Å². The molecule has 1 aromatic carbocycles. The van der Waals surface area contributed by atoms with Gasteiger partial charge in [0.1, 0.15) is 11.8 Å². The number of hydrogen-bond acceptors (Lipinski definition) is 6. The van der Waals surface area contributed by atoms with Gasteiger partial charge in [-0.25, -0.2) is 4.79 Å². The molecule has 0 spiro atoms. The van der Waals surface area contributed by atoms with Crippen molar-refractivity contribution in [3.8, 4) is 5.75 Å². The molecule has 1 fully saturated rings. The van der Waals surface area contributed by atoms with E-state index in [1.807, 2.05) is 29.6 Å². The molecule has 7 heteroatoms. The monoisotopic (exact) mass is 369 g/mol. The first kappa shape index (κ1) is 19.0. The number of aromatic hydroxyl groups is 1. The van der Waals surface area contributed by atoms with Gasteiger partial charge in [0.25, 0.3) is 0 Å². The summed E-state index contributed by atoms with van der Waals surface area (Å²) in [4.78, 5) is 23.4. The number of phenols is 1. The molecular formula is C17H23NO4S2. The molecule has 2 rings (SSSR count). The number of thioether (sulfide) groups is 2. The van der Waals surface area contributed by atoms with Crippen molar-refractivity contribution < 1.29 is 19.4 Å². The summed E-state index contributed by atoms with van der Waals surface area (Å²) in [6, 6.07) is 4.66. The fourth-order valence-electron chi connectivity index (χ4n) is 2.50. The summed E-state index contributed by atoms with van der Waals surface area (Å²) < 4.78 is 5.24. The zero-order valence-corrected chi connectivity index (χ0v) is 15.5. The van der Waals surface area contributed by atoms with Crippen molar-refractivity contribution in [3.63, 3.8) is 0 Å². The number of rotatable bonds is 6. The summed E-state index contributed by atoms with van der Waals surface area (Å²) in [5.74, 6) is 1.73. The molecule has 1 heterocycles. The van der Waals surface area contributed by atoms with Crippen molar-refractivity contribution in [3.05, 3.63) is 29.3 Å². The first-order valence-electron chi connectivity index (χ1n) is 8.00. The van der Waals surface area contributed by atoms with Crippen LogP contribution in [0.3, 0.4) is 0 Å². The van der Waals surface area contributed by atoms with E-state index in [2.05, 4.69) is 5.32 Å². The molecule has 2 N–H and O–H groups in total. The van der Waals surface area contributed by atoms with E-state index in [0.717, 1.165) is 22.6 Å². The Hall–Kier alpha value is -1.34. The third-order valence-electron chi connectivity index (χ3n) is 3.56. The quantitative estimate of drug-likeness (QED) is 0.751. The van der Waals surface area contributed by atoms with Crippen LogP contribution in [0, 0.1) is 0 Å². The zero-order chi connectivity index (χ0) is 17.5. The molecule has 0 radical (unpaired) electrons. The average Bonchev–Trinajstić information content (AvgIpc) is 2.56. The number of nitrogens with one attached hydrogen (secondary N) is 1. The largest absolute Gasteiger partial charge is 0.508 e. The Bertz CT molecular complexity index is 588. The van der Waals surface area contributed by atoms with Crippen LogP contribution in [0.25, 0.3) is 0 Å². The van der Waals surface area contributed by atoms with Gasteiger partial charge in [0, 0.05) is 18.9 Å². The van der Waals surface area contributed by atoms with Gasteiger partial charge in [-0.2, -0.15) is 0 Å². The Morgan fingerprint density at radius 1 is 1.38 bits per heavy atom. The molecule has 1 atom stereocenters. The molecule has 0 bridgehead atoms. The Balaban J connectivity index is 2.16. The van der Waals surface area contributed by atoms with E-state index in [1.165, 1.54) is 13.3 Å². The summed E-state index contributed by atoms with van der Waals surface area (Å²) in [5.41, 5.74) is 1.77. The molecule has 24 heavy (non-hydrogen) atoms. The number of amides is 1. The van der Waals surface area contributed by atoms with Gasteiger partial charge in [0.15, 0.2) is 0 Å². The van der Waals surface area contributed by atoms with Crippen LogP contribution in [0.2, 0.25) is 0 Å². The van der Waals surface area contributed by atoms with Crippen LogP contribution in [-0.2, 0) is 20.7 Å². The van der Waals surface area contributed by atoms with E-state index < -0.39 is 12.0 Å². The van der Waals surface area contributed by atoms with Crippen molar-refractivity contribution in [2.45, 2.75) is 37.3 Å². The first-order chi connectivity index (χ1) is 11.5. The van der Waals surface area contributed by atoms with E-state index in [0.29, 0.717) is 6.42 Å². The minimum absolute atomic E-state index is 0.209. The fourth-order valence-corrected chi connectivity index (χ4v) is 5.44. The number of ether oxygens (including phenoxy) is 1. The highest BCUT2D eigenvalue weighted by Crippen LogP contribution is 2.46. The van der Waals surface area contributed by atoms with Crippen LogP contribution in [0.1, 0.15) is 36.0 Å². The molecule has 0 saturated carbocycles. The SMILES string of the molecule is CCOC(=O)[C@H](Cc1ccc(O)c(C2SCCCS2)c1)NC(C)=O. The van der Waals surface area contributed by atoms with Gasteiger partial charge in [0.2, 0.25) is 5.91 Å². The predicted molar refractivity (Wildman–Crippen MR) is 98.3 cm³/mol. The second-order valence-electron chi connectivity index (χ2n) is 5.53. The minimum atomic E-state index is -0.716. The number of benzene rings is 1. The Kier molecular flexibility index (Phi) is 7.30. The molecule has 0 aliphatic carbocycles. The maximum Gasteiger partial charge on any atom is 0.328 e. The molecule has 5 nitrogen and oxygen atoms in total. The van der Waals surface area contributed by atoms with Gasteiger partial charge >= 0.3 is 5.97 Å². The van der Waals surface area contributed by atoms with Crippen molar-refractivity contribution >= 4 is 35.4 Å². The summed E-state index contributed by atoms with van der Waals surface area (Å²) >= 11 is 3.65. The maximum absolute atomic E-state index is 12.0. The molecule has 1 saturated heterocycles. The number of carbonyl (C=O) groups excluding carboxylic acids is 2. The molecule has 1 aliphatic rings. The molecule has 1 aliphatic heterocycles. The van der Waals surface area contributed by atoms with Gasteiger partial charge in [-0.05, 0) is 36.5 Å². The van der Waals surface area contributed by atoms with Crippen LogP contribution < -0.4 is 5.32 Å². The lowest BCUT2D eigenvalue weighted by Crippen LogP contribution is -2.42. The van der Waals surface area contributed by atoms with Crippen LogP contribution in [-0.4, -0.2) is 41.1 Å². The normalized spacial score (nSPS) is 16.4. The van der Waals surface area contributed by atoms with Gasteiger partial charge < -0.3 is 15.2 Å². The number of carbonyl (C=O) groups is 2.